The number of amides is 1. The van der Waals surface area contributed by atoms with Crippen LogP contribution in [0.1, 0.15) is 29.2 Å². The monoisotopic (exact) mass is 341 g/mol. The maximum Gasteiger partial charge on any atom is 0.268 e. The normalized spacial score (nSPS) is 11.0. The number of hydrogen-bond donors (Lipinski definition) is 1. The number of rotatable bonds is 5. The summed E-state index contributed by atoms with van der Waals surface area (Å²) in [6.07, 6.45) is 3.41. The zero-order chi connectivity index (χ0) is 17.1. The molecule has 0 unspecified atom stereocenters. The molecule has 1 N–H and O–H groups in total. The van der Waals surface area contributed by atoms with E-state index >= 15 is 0 Å². The highest BCUT2D eigenvalue weighted by atomic mass is 32.1. The van der Waals surface area contributed by atoms with Gasteiger partial charge in [0.05, 0.1) is 17.6 Å². The third-order valence-corrected chi connectivity index (χ3v) is 4.56. The molecule has 6 nitrogen and oxygen atoms in total. The Morgan fingerprint density at radius 1 is 1.29 bits per heavy atom. The number of carbonyl (C=O) groups is 1. The molecule has 0 aliphatic rings. The molecule has 3 heterocycles. The molecule has 3 rings (SSSR count). The molecule has 0 atom stereocenters. The van der Waals surface area contributed by atoms with Crippen LogP contribution >= 0.6 is 11.3 Å². The van der Waals surface area contributed by atoms with E-state index in [9.17, 15) is 4.79 Å². The van der Waals surface area contributed by atoms with E-state index in [1.165, 1.54) is 11.3 Å². The molecule has 0 bridgehead atoms. The topological polar surface area (TPSA) is 72.7 Å². The summed E-state index contributed by atoms with van der Waals surface area (Å²) in [5.41, 5.74) is 1.47. The Morgan fingerprint density at radius 2 is 2.12 bits per heavy atom. The fourth-order valence-corrected chi connectivity index (χ4v) is 3.25. The summed E-state index contributed by atoms with van der Waals surface area (Å²) in [6.45, 7) is 6.81. The van der Waals surface area contributed by atoms with E-state index in [1.54, 1.807) is 23.1 Å². The summed E-state index contributed by atoms with van der Waals surface area (Å²) >= 11 is 1.35. The van der Waals surface area contributed by atoms with Crippen LogP contribution in [0.25, 0.3) is 10.7 Å². The average Bonchev–Trinajstić information content (AvgIpc) is 3.14. The Hall–Kier alpha value is -2.54. The average molecular weight is 341 g/mol. The molecule has 0 spiro atoms. The zero-order valence-electron chi connectivity index (χ0n) is 13.9. The molecule has 0 saturated heterocycles. The minimum Gasteiger partial charge on any atom is -0.306 e. The smallest absolute Gasteiger partial charge is 0.268 e. The Balaban J connectivity index is 1.81. The van der Waals surface area contributed by atoms with Crippen molar-refractivity contribution in [2.24, 2.45) is 5.92 Å². The lowest BCUT2D eigenvalue weighted by Crippen LogP contribution is -2.17. The van der Waals surface area contributed by atoms with Crippen LogP contribution in [0.3, 0.4) is 0 Å². The highest BCUT2D eigenvalue weighted by Gasteiger charge is 2.18. The Morgan fingerprint density at radius 3 is 2.83 bits per heavy atom. The van der Waals surface area contributed by atoms with Gasteiger partial charge in [0.2, 0.25) is 0 Å². The van der Waals surface area contributed by atoms with Crippen molar-refractivity contribution < 1.29 is 4.79 Å². The summed E-state index contributed by atoms with van der Waals surface area (Å²) < 4.78 is 1.80. The number of nitrogens with zero attached hydrogens (tertiary/aromatic N) is 4. The summed E-state index contributed by atoms with van der Waals surface area (Å²) in [5, 5.41) is 7.93. The predicted molar refractivity (Wildman–Crippen MR) is 95.1 cm³/mol. The first kappa shape index (κ1) is 16.3. The molecule has 24 heavy (non-hydrogen) atoms. The van der Waals surface area contributed by atoms with Crippen LogP contribution in [0.4, 0.5) is 5.82 Å². The van der Waals surface area contributed by atoms with Gasteiger partial charge in [0.1, 0.15) is 15.7 Å². The quantitative estimate of drug-likeness (QED) is 0.769. The van der Waals surface area contributed by atoms with Crippen molar-refractivity contribution in [1.29, 1.82) is 0 Å². The van der Waals surface area contributed by atoms with Crippen LogP contribution < -0.4 is 5.32 Å². The number of carbonyl (C=O) groups excluding carboxylic acids is 1. The number of hydrogen-bond acceptors (Lipinski definition) is 5. The molecule has 0 aliphatic heterocycles. The van der Waals surface area contributed by atoms with Crippen LogP contribution in [0.15, 0.2) is 36.7 Å². The zero-order valence-corrected chi connectivity index (χ0v) is 14.7. The third-order valence-electron chi connectivity index (χ3n) is 3.38. The van der Waals surface area contributed by atoms with E-state index in [0.717, 1.165) is 17.2 Å². The number of nitrogens with one attached hydrogen (secondary N) is 1. The van der Waals surface area contributed by atoms with Gasteiger partial charge in [-0.3, -0.25) is 9.78 Å². The van der Waals surface area contributed by atoms with Crippen LogP contribution in [0.5, 0.6) is 0 Å². The molecule has 3 aromatic rings. The standard InChI is InChI=1S/C17H19N5OS/c1-11(2)10-22-14(7-9-19-22)21-16(23)15-12(3)20-17(24-15)13-6-4-5-8-18-13/h4-9,11H,10H2,1-3H3,(H,21,23). The van der Waals surface area contributed by atoms with Crippen molar-refractivity contribution in [3.8, 4) is 10.7 Å². The third kappa shape index (κ3) is 3.51. The lowest BCUT2D eigenvalue weighted by Gasteiger charge is -2.10. The molecule has 1 amide bonds. The molecule has 0 saturated carbocycles. The van der Waals surface area contributed by atoms with Crippen LogP contribution in [-0.2, 0) is 6.54 Å². The van der Waals surface area contributed by atoms with Gasteiger partial charge < -0.3 is 5.32 Å². The van der Waals surface area contributed by atoms with E-state index in [4.69, 9.17) is 0 Å². The molecule has 124 valence electrons. The maximum absolute atomic E-state index is 12.6. The highest BCUT2D eigenvalue weighted by molar-refractivity contribution is 7.17. The van der Waals surface area contributed by atoms with Gasteiger partial charge >= 0.3 is 0 Å². The summed E-state index contributed by atoms with van der Waals surface area (Å²) in [6, 6.07) is 7.45. The first-order valence-electron chi connectivity index (χ1n) is 7.76. The van der Waals surface area contributed by atoms with Gasteiger partial charge in [-0.15, -0.1) is 11.3 Å². The number of pyridine rings is 1. The van der Waals surface area contributed by atoms with E-state index in [-0.39, 0.29) is 5.91 Å². The molecule has 3 aromatic heterocycles. The Kier molecular flexibility index (Phi) is 4.71. The minimum atomic E-state index is -0.169. The van der Waals surface area contributed by atoms with Gasteiger partial charge in [-0.05, 0) is 25.0 Å². The van der Waals surface area contributed by atoms with Gasteiger partial charge in [-0.25, -0.2) is 9.67 Å². The minimum absolute atomic E-state index is 0.169. The van der Waals surface area contributed by atoms with Crippen LogP contribution in [0, 0.1) is 12.8 Å². The van der Waals surface area contributed by atoms with E-state index < -0.39 is 0 Å². The molecule has 0 aromatic carbocycles. The molecular formula is C17H19N5OS. The lowest BCUT2D eigenvalue weighted by molar-refractivity contribution is 0.102. The Bertz CT molecular complexity index is 838. The second-order valence-electron chi connectivity index (χ2n) is 5.90. The van der Waals surface area contributed by atoms with Crippen LogP contribution in [0.2, 0.25) is 0 Å². The van der Waals surface area contributed by atoms with Crippen molar-refractivity contribution >= 4 is 23.1 Å². The molecule has 0 fully saturated rings. The van der Waals surface area contributed by atoms with Crippen molar-refractivity contribution in [1.82, 2.24) is 19.7 Å². The summed E-state index contributed by atoms with van der Waals surface area (Å²) in [4.78, 5) is 22.0. The Labute approximate surface area is 144 Å². The predicted octanol–water partition coefficient (Wildman–Crippen LogP) is 3.62. The fourth-order valence-electron chi connectivity index (χ4n) is 2.31. The van der Waals surface area contributed by atoms with Gasteiger partial charge in [0.25, 0.3) is 5.91 Å². The lowest BCUT2D eigenvalue weighted by atomic mass is 10.2. The summed E-state index contributed by atoms with van der Waals surface area (Å²) in [5.74, 6) is 0.972. The van der Waals surface area contributed by atoms with Crippen molar-refractivity contribution in [2.45, 2.75) is 27.3 Å². The van der Waals surface area contributed by atoms with Gasteiger partial charge in [-0.1, -0.05) is 19.9 Å². The fraction of sp³-hybridized carbons (Fsp3) is 0.294. The second-order valence-corrected chi connectivity index (χ2v) is 6.89. The van der Waals surface area contributed by atoms with Gasteiger partial charge in [-0.2, -0.15) is 5.10 Å². The van der Waals surface area contributed by atoms with Crippen molar-refractivity contribution in [3.05, 3.63) is 47.2 Å². The van der Waals surface area contributed by atoms with Gasteiger partial charge in [0, 0.05) is 18.8 Å². The largest absolute Gasteiger partial charge is 0.306 e. The number of aromatic nitrogens is 4. The van der Waals surface area contributed by atoms with Crippen molar-refractivity contribution in [2.75, 3.05) is 5.32 Å². The summed E-state index contributed by atoms with van der Waals surface area (Å²) in [7, 11) is 0. The highest BCUT2D eigenvalue weighted by Crippen LogP contribution is 2.27. The van der Waals surface area contributed by atoms with Crippen LogP contribution in [-0.4, -0.2) is 25.7 Å². The maximum atomic E-state index is 12.6. The number of anilines is 1. The van der Waals surface area contributed by atoms with Crippen molar-refractivity contribution in [3.63, 3.8) is 0 Å². The first-order chi connectivity index (χ1) is 11.5. The SMILES string of the molecule is Cc1nc(-c2ccccn2)sc1C(=O)Nc1ccnn1CC(C)C. The van der Waals surface area contributed by atoms with E-state index in [0.29, 0.717) is 22.3 Å². The number of thiazole rings is 1. The molecular weight excluding hydrogens is 322 g/mol. The van der Waals surface area contributed by atoms with Gasteiger partial charge in [0.15, 0.2) is 0 Å². The molecule has 0 radical (unpaired) electrons. The first-order valence-corrected chi connectivity index (χ1v) is 8.58. The molecule has 0 aliphatic carbocycles. The second kappa shape index (κ2) is 6.92. The molecule has 7 heteroatoms. The number of aryl methyl sites for hydroxylation is 1. The van der Waals surface area contributed by atoms with E-state index in [2.05, 4.69) is 34.2 Å². The van der Waals surface area contributed by atoms with E-state index in [1.807, 2.05) is 25.1 Å².